The zero-order valence-electron chi connectivity index (χ0n) is 10.0. The molecule has 3 heteroatoms. The standard InChI is InChI=1S/C13H18Br2O/c1-4-11-6-9(2)5-10(3)13(11)16-8-12(15)7-14/h5-6,12H,4,7-8H2,1-3H3. The Kier molecular flexibility index (Phi) is 5.84. The van der Waals surface area contributed by atoms with Gasteiger partial charge in [0.1, 0.15) is 12.4 Å². The van der Waals surface area contributed by atoms with Crippen LogP contribution in [-0.4, -0.2) is 16.8 Å². The molecule has 1 nitrogen and oxygen atoms in total. The molecule has 0 amide bonds. The zero-order chi connectivity index (χ0) is 12.1. The van der Waals surface area contributed by atoms with Crippen LogP contribution in [-0.2, 0) is 6.42 Å². The van der Waals surface area contributed by atoms with E-state index in [9.17, 15) is 0 Å². The summed E-state index contributed by atoms with van der Waals surface area (Å²) >= 11 is 6.98. The van der Waals surface area contributed by atoms with E-state index in [1.54, 1.807) is 0 Å². The summed E-state index contributed by atoms with van der Waals surface area (Å²) in [6.45, 7) is 7.10. The van der Waals surface area contributed by atoms with E-state index < -0.39 is 0 Å². The molecule has 0 saturated heterocycles. The van der Waals surface area contributed by atoms with Crippen molar-refractivity contribution in [2.45, 2.75) is 32.0 Å². The van der Waals surface area contributed by atoms with Crippen LogP contribution in [0.3, 0.4) is 0 Å². The fourth-order valence-corrected chi connectivity index (χ4v) is 2.05. The van der Waals surface area contributed by atoms with Crippen LogP contribution in [0.15, 0.2) is 12.1 Å². The first-order valence-corrected chi connectivity index (χ1v) is 7.55. The zero-order valence-corrected chi connectivity index (χ0v) is 13.2. The summed E-state index contributed by atoms with van der Waals surface area (Å²) in [4.78, 5) is 0.359. The molecule has 1 rings (SSSR count). The first kappa shape index (κ1) is 14.0. The van der Waals surface area contributed by atoms with Crippen LogP contribution in [0.1, 0.15) is 23.6 Å². The molecule has 1 aromatic carbocycles. The highest BCUT2D eigenvalue weighted by Crippen LogP contribution is 2.26. The van der Waals surface area contributed by atoms with Crippen molar-refractivity contribution in [3.8, 4) is 5.75 Å². The van der Waals surface area contributed by atoms with E-state index in [0.717, 1.165) is 17.5 Å². The van der Waals surface area contributed by atoms with Crippen LogP contribution < -0.4 is 4.74 Å². The van der Waals surface area contributed by atoms with Crippen LogP contribution in [0.5, 0.6) is 5.75 Å². The van der Waals surface area contributed by atoms with Gasteiger partial charge in [-0.15, -0.1) is 0 Å². The lowest BCUT2D eigenvalue weighted by Crippen LogP contribution is -2.13. The van der Waals surface area contributed by atoms with Crippen LogP contribution in [0.4, 0.5) is 0 Å². The number of benzene rings is 1. The fraction of sp³-hybridized carbons (Fsp3) is 0.538. The van der Waals surface area contributed by atoms with Gasteiger partial charge in [0.2, 0.25) is 0 Å². The van der Waals surface area contributed by atoms with Gasteiger partial charge < -0.3 is 4.74 Å². The number of ether oxygens (including phenoxy) is 1. The summed E-state index contributed by atoms with van der Waals surface area (Å²) in [6, 6.07) is 4.38. The van der Waals surface area contributed by atoms with Crippen LogP contribution in [0.2, 0.25) is 0 Å². The quantitative estimate of drug-likeness (QED) is 0.716. The molecule has 0 aliphatic carbocycles. The third-order valence-corrected chi connectivity index (χ3v) is 4.69. The summed E-state index contributed by atoms with van der Waals surface area (Å²) in [6.07, 6.45) is 1.01. The molecule has 0 N–H and O–H groups in total. The molecule has 0 radical (unpaired) electrons. The van der Waals surface area contributed by atoms with Crippen LogP contribution >= 0.6 is 31.9 Å². The number of hydrogen-bond donors (Lipinski definition) is 0. The van der Waals surface area contributed by atoms with Crippen LogP contribution in [0.25, 0.3) is 0 Å². The van der Waals surface area contributed by atoms with Gasteiger partial charge in [-0.1, -0.05) is 56.5 Å². The number of aryl methyl sites for hydroxylation is 3. The van der Waals surface area contributed by atoms with E-state index in [1.165, 1.54) is 16.7 Å². The van der Waals surface area contributed by atoms with Crippen molar-refractivity contribution in [3.05, 3.63) is 28.8 Å². The summed E-state index contributed by atoms with van der Waals surface area (Å²) in [5.74, 6) is 1.05. The molecule has 0 heterocycles. The number of alkyl halides is 2. The minimum atomic E-state index is 0.359. The Morgan fingerprint density at radius 2 is 2.00 bits per heavy atom. The second kappa shape index (κ2) is 6.65. The van der Waals surface area contributed by atoms with E-state index >= 15 is 0 Å². The molecular weight excluding hydrogens is 332 g/mol. The van der Waals surface area contributed by atoms with Crippen molar-refractivity contribution in [3.63, 3.8) is 0 Å². The highest BCUT2D eigenvalue weighted by atomic mass is 79.9. The SMILES string of the molecule is CCc1cc(C)cc(C)c1OCC(Br)CBr. The average molecular weight is 350 g/mol. The summed E-state index contributed by atoms with van der Waals surface area (Å²) in [7, 11) is 0. The first-order valence-electron chi connectivity index (χ1n) is 5.51. The van der Waals surface area contributed by atoms with Gasteiger partial charge in [0.25, 0.3) is 0 Å². The summed E-state index contributed by atoms with van der Waals surface area (Å²) < 4.78 is 5.89. The number of halogens is 2. The summed E-state index contributed by atoms with van der Waals surface area (Å²) in [5.41, 5.74) is 3.83. The lowest BCUT2D eigenvalue weighted by atomic mass is 10.0. The van der Waals surface area contributed by atoms with Gasteiger partial charge in [-0.05, 0) is 31.4 Å². The topological polar surface area (TPSA) is 9.23 Å². The third-order valence-electron chi connectivity index (χ3n) is 2.45. The van der Waals surface area contributed by atoms with Crippen molar-refractivity contribution in [1.29, 1.82) is 0 Å². The number of rotatable bonds is 5. The van der Waals surface area contributed by atoms with E-state index in [2.05, 4.69) is 64.8 Å². The van der Waals surface area contributed by atoms with Crippen LogP contribution in [0, 0.1) is 13.8 Å². The molecular formula is C13H18Br2O. The first-order chi connectivity index (χ1) is 7.58. The van der Waals surface area contributed by atoms with Gasteiger partial charge in [0.05, 0.1) is 4.83 Å². The van der Waals surface area contributed by atoms with Crippen molar-refractivity contribution < 1.29 is 4.74 Å². The Balaban J connectivity index is 2.85. The maximum absolute atomic E-state index is 5.89. The minimum absolute atomic E-state index is 0.359. The second-order valence-corrected chi connectivity index (χ2v) is 5.93. The van der Waals surface area contributed by atoms with Crippen molar-refractivity contribution in [2.24, 2.45) is 0 Å². The maximum atomic E-state index is 5.89. The summed E-state index contributed by atoms with van der Waals surface area (Å²) in [5, 5.41) is 0.902. The molecule has 1 aromatic rings. The average Bonchev–Trinajstić information content (AvgIpc) is 2.26. The predicted octanol–water partition coefficient (Wildman–Crippen LogP) is 4.40. The third kappa shape index (κ3) is 3.77. The predicted molar refractivity (Wildman–Crippen MR) is 77.3 cm³/mol. The minimum Gasteiger partial charge on any atom is -0.492 e. The Morgan fingerprint density at radius 1 is 1.31 bits per heavy atom. The van der Waals surface area contributed by atoms with Gasteiger partial charge in [-0.2, -0.15) is 0 Å². The Labute approximate surface area is 115 Å². The van der Waals surface area contributed by atoms with Crippen molar-refractivity contribution in [2.75, 3.05) is 11.9 Å². The van der Waals surface area contributed by atoms with E-state index in [0.29, 0.717) is 11.4 Å². The van der Waals surface area contributed by atoms with Gasteiger partial charge in [0, 0.05) is 5.33 Å². The van der Waals surface area contributed by atoms with Gasteiger partial charge >= 0.3 is 0 Å². The van der Waals surface area contributed by atoms with Crippen molar-refractivity contribution >= 4 is 31.9 Å². The van der Waals surface area contributed by atoms with E-state index in [4.69, 9.17) is 4.74 Å². The molecule has 0 bridgehead atoms. The molecule has 1 unspecified atom stereocenters. The monoisotopic (exact) mass is 348 g/mol. The Hall–Kier alpha value is -0.0200. The molecule has 90 valence electrons. The highest BCUT2D eigenvalue weighted by Gasteiger charge is 2.09. The smallest absolute Gasteiger partial charge is 0.125 e. The normalized spacial score (nSPS) is 12.6. The molecule has 0 fully saturated rings. The largest absolute Gasteiger partial charge is 0.492 e. The lowest BCUT2D eigenvalue weighted by molar-refractivity contribution is 0.320. The lowest BCUT2D eigenvalue weighted by Gasteiger charge is -2.16. The molecule has 0 spiro atoms. The second-order valence-electron chi connectivity index (χ2n) is 3.99. The fourth-order valence-electron chi connectivity index (χ4n) is 1.73. The van der Waals surface area contributed by atoms with Gasteiger partial charge in [-0.3, -0.25) is 0 Å². The molecule has 0 saturated carbocycles. The molecule has 16 heavy (non-hydrogen) atoms. The van der Waals surface area contributed by atoms with Gasteiger partial charge in [0.15, 0.2) is 0 Å². The molecule has 0 aromatic heterocycles. The van der Waals surface area contributed by atoms with Gasteiger partial charge in [-0.25, -0.2) is 0 Å². The number of hydrogen-bond acceptors (Lipinski definition) is 1. The highest BCUT2D eigenvalue weighted by molar-refractivity contribution is 9.12. The maximum Gasteiger partial charge on any atom is 0.125 e. The molecule has 0 aliphatic rings. The van der Waals surface area contributed by atoms with Crippen molar-refractivity contribution in [1.82, 2.24) is 0 Å². The Bertz CT molecular complexity index is 350. The van der Waals surface area contributed by atoms with E-state index in [1.807, 2.05) is 0 Å². The Morgan fingerprint density at radius 3 is 2.56 bits per heavy atom. The van der Waals surface area contributed by atoms with E-state index in [-0.39, 0.29) is 0 Å². The molecule has 0 aliphatic heterocycles. The molecule has 1 atom stereocenters.